The molecule has 94 valence electrons. The van der Waals surface area contributed by atoms with Crippen molar-refractivity contribution in [1.82, 2.24) is 15.2 Å². The minimum absolute atomic E-state index is 0.499. The Morgan fingerprint density at radius 1 is 1.53 bits per heavy atom. The molecule has 4 heteroatoms. The standard InChI is InChI=1S/C13H20BrN3/c1-3-15-7-10-4-5-17(2)13(10)11-6-12(14)9-16-8-11/h6,8-10,13,15H,3-5,7H2,1-2H3. The van der Waals surface area contributed by atoms with Gasteiger partial charge in [0.25, 0.3) is 0 Å². The number of hydrogen-bond donors (Lipinski definition) is 1. The van der Waals surface area contributed by atoms with Gasteiger partial charge in [0.15, 0.2) is 0 Å². The maximum atomic E-state index is 4.28. The van der Waals surface area contributed by atoms with Gasteiger partial charge in [-0.1, -0.05) is 6.92 Å². The van der Waals surface area contributed by atoms with Crippen LogP contribution in [0.2, 0.25) is 0 Å². The van der Waals surface area contributed by atoms with Gasteiger partial charge in [-0.2, -0.15) is 0 Å². The summed E-state index contributed by atoms with van der Waals surface area (Å²) in [4.78, 5) is 6.72. The van der Waals surface area contributed by atoms with Crippen molar-refractivity contribution in [3.8, 4) is 0 Å². The molecule has 1 aromatic heterocycles. The third-order valence-corrected chi connectivity index (χ3v) is 3.93. The molecule has 1 aliphatic rings. The van der Waals surface area contributed by atoms with Gasteiger partial charge in [0.05, 0.1) is 0 Å². The Labute approximate surface area is 112 Å². The highest BCUT2D eigenvalue weighted by molar-refractivity contribution is 9.10. The smallest absolute Gasteiger partial charge is 0.0410 e. The molecule has 1 N–H and O–H groups in total. The minimum Gasteiger partial charge on any atom is -0.317 e. The number of aromatic nitrogens is 1. The number of halogens is 1. The van der Waals surface area contributed by atoms with Crippen molar-refractivity contribution < 1.29 is 0 Å². The van der Waals surface area contributed by atoms with Crippen molar-refractivity contribution in [2.24, 2.45) is 5.92 Å². The molecule has 2 atom stereocenters. The average Bonchev–Trinajstić information content (AvgIpc) is 2.68. The van der Waals surface area contributed by atoms with Crippen molar-refractivity contribution in [2.75, 3.05) is 26.7 Å². The Hall–Kier alpha value is -0.450. The molecule has 0 radical (unpaired) electrons. The molecule has 0 saturated carbocycles. The molecule has 0 bridgehead atoms. The second-order valence-corrected chi connectivity index (χ2v) is 5.63. The quantitative estimate of drug-likeness (QED) is 0.925. The van der Waals surface area contributed by atoms with Gasteiger partial charge in [-0.05, 0) is 66.6 Å². The zero-order valence-electron chi connectivity index (χ0n) is 10.5. The van der Waals surface area contributed by atoms with Crippen LogP contribution in [-0.2, 0) is 0 Å². The fourth-order valence-electron chi connectivity index (χ4n) is 2.69. The first-order valence-electron chi connectivity index (χ1n) is 6.23. The van der Waals surface area contributed by atoms with Crippen LogP contribution in [0.5, 0.6) is 0 Å². The molecule has 0 spiro atoms. The van der Waals surface area contributed by atoms with E-state index < -0.39 is 0 Å². The van der Waals surface area contributed by atoms with E-state index in [-0.39, 0.29) is 0 Å². The lowest BCUT2D eigenvalue weighted by molar-refractivity contribution is 0.272. The van der Waals surface area contributed by atoms with E-state index in [4.69, 9.17) is 0 Å². The van der Waals surface area contributed by atoms with Crippen LogP contribution >= 0.6 is 15.9 Å². The van der Waals surface area contributed by atoms with E-state index in [1.807, 2.05) is 12.4 Å². The lowest BCUT2D eigenvalue weighted by Gasteiger charge is -2.25. The van der Waals surface area contributed by atoms with E-state index >= 15 is 0 Å². The van der Waals surface area contributed by atoms with Crippen molar-refractivity contribution in [3.05, 3.63) is 28.5 Å². The van der Waals surface area contributed by atoms with Crippen LogP contribution in [0.1, 0.15) is 24.9 Å². The number of nitrogens with one attached hydrogen (secondary N) is 1. The number of rotatable bonds is 4. The summed E-state index contributed by atoms with van der Waals surface area (Å²) in [5, 5.41) is 3.47. The number of nitrogens with zero attached hydrogens (tertiary/aromatic N) is 2. The van der Waals surface area contributed by atoms with Crippen molar-refractivity contribution in [1.29, 1.82) is 0 Å². The zero-order chi connectivity index (χ0) is 12.3. The first-order chi connectivity index (χ1) is 8.22. The normalized spacial score (nSPS) is 25.4. The molecule has 2 unspecified atom stereocenters. The van der Waals surface area contributed by atoms with Crippen molar-refractivity contribution in [3.63, 3.8) is 0 Å². The predicted octanol–water partition coefficient (Wildman–Crippen LogP) is 2.45. The Morgan fingerprint density at radius 2 is 2.35 bits per heavy atom. The molecule has 2 rings (SSSR count). The first kappa shape index (κ1) is 13.0. The molecule has 1 aliphatic heterocycles. The maximum absolute atomic E-state index is 4.28. The molecule has 1 saturated heterocycles. The van der Waals surface area contributed by atoms with E-state index in [2.05, 4.69) is 51.2 Å². The third kappa shape index (κ3) is 3.06. The van der Waals surface area contributed by atoms with Gasteiger partial charge in [-0.25, -0.2) is 0 Å². The summed E-state index contributed by atoms with van der Waals surface area (Å²) in [7, 11) is 2.21. The minimum atomic E-state index is 0.499. The second kappa shape index (κ2) is 5.94. The highest BCUT2D eigenvalue weighted by Gasteiger charge is 2.32. The lowest BCUT2D eigenvalue weighted by atomic mass is 9.95. The summed E-state index contributed by atoms with van der Waals surface area (Å²) >= 11 is 3.51. The van der Waals surface area contributed by atoms with Gasteiger partial charge < -0.3 is 5.32 Å². The number of hydrogen-bond acceptors (Lipinski definition) is 3. The molecule has 0 aromatic carbocycles. The monoisotopic (exact) mass is 297 g/mol. The average molecular weight is 298 g/mol. The molecule has 17 heavy (non-hydrogen) atoms. The highest BCUT2D eigenvalue weighted by Crippen LogP contribution is 2.36. The van der Waals surface area contributed by atoms with Gasteiger partial charge in [0.2, 0.25) is 0 Å². The van der Waals surface area contributed by atoms with E-state index in [1.165, 1.54) is 18.5 Å². The molecule has 3 nitrogen and oxygen atoms in total. The maximum Gasteiger partial charge on any atom is 0.0410 e. The van der Waals surface area contributed by atoms with Gasteiger partial charge in [-0.3, -0.25) is 9.88 Å². The van der Waals surface area contributed by atoms with Crippen molar-refractivity contribution in [2.45, 2.75) is 19.4 Å². The van der Waals surface area contributed by atoms with Gasteiger partial charge >= 0.3 is 0 Å². The summed E-state index contributed by atoms with van der Waals surface area (Å²) < 4.78 is 1.07. The van der Waals surface area contributed by atoms with Gasteiger partial charge in [-0.15, -0.1) is 0 Å². The fraction of sp³-hybridized carbons (Fsp3) is 0.615. The molecule has 2 heterocycles. The Balaban J connectivity index is 2.15. The summed E-state index contributed by atoms with van der Waals surface area (Å²) in [6, 6.07) is 2.69. The third-order valence-electron chi connectivity index (χ3n) is 3.50. The molecule has 0 aliphatic carbocycles. The van der Waals surface area contributed by atoms with E-state index in [0.29, 0.717) is 12.0 Å². The molecular weight excluding hydrogens is 278 g/mol. The zero-order valence-corrected chi connectivity index (χ0v) is 12.1. The lowest BCUT2D eigenvalue weighted by Crippen LogP contribution is -2.28. The first-order valence-corrected chi connectivity index (χ1v) is 7.03. The Kier molecular flexibility index (Phi) is 4.54. The van der Waals surface area contributed by atoms with Crippen LogP contribution < -0.4 is 5.32 Å². The number of pyridine rings is 1. The van der Waals surface area contributed by atoms with Crippen LogP contribution in [-0.4, -0.2) is 36.6 Å². The second-order valence-electron chi connectivity index (χ2n) is 4.72. The van der Waals surface area contributed by atoms with Crippen LogP contribution in [0, 0.1) is 5.92 Å². The van der Waals surface area contributed by atoms with E-state index in [0.717, 1.165) is 17.6 Å². The van der Waals surface area contributed by atoms with Crippen LogP contribution in [0.3, 0.4) is 0 Å². The summed E-state index contributed by atoms with van der Waals surface area (Å²) in [5.41, 5.74) is 1.32. The van der Waals surface area contributed by atoms with E-state index in [1.54, 1.807) is 0 Å². The predicted molar refractivity (Wildman–Crippen MR) is 74.0 cm³/mol. The molecule has 0 amide bonds. The topological polar surface area (TPSA) is 28.2 Å². The van der Waals surface area contributed by atoms with E-state index in [9.17, 15) is 0 Å². The van der Waals surface area contributed by atoms with Crippen LogP contribution in [0.25, 0.3) is 0 Å². The van der Waals surface area contributed by atoms with Crippen LogP contribution in [0.15, 0.2) is 22.9 Å². The highest BCUT2D eigenvalue weighted by atomic mass is 79.9. The van der Waals surface area contributed by atoms with Crippen LogP contribution in [0.4, 0.5) is 0 Å². The molecular formula is C13H20BrN3. The summed E-state index contributed by atoms with van der Waals surface area (Å²) in [5.74, 6) is 0.691. The van der Waals surface area contributed by atoms with Gasteiger partial charge in [0.1, 0.15) is 0 Å². The Morgan fingerprint density at radius 3 is 3.06 bits per heavy atom. The number of likely N-dealkylation sites (tertiary alicyclic amines) is 1. The summed E-state index contributed by atoms with van der Waals surface area (Å²) in [6.45, 7) is 5.48. The molecule has 1 fully saturated rings. The fourth-order valence-corrected chi connectivity index (χ4v) is 3.07. The summed E-state index contributed by atoms with van der Waals surface area (Å²) in [6.07, 6.45) is 5.11. The largest absolute Gasteiger partial charge is 0.317 e. The van der Waals surface area contributed by atoms with Gasteiger partial charge in [0, 0.05) is 22.9 Å². The van der Waals surface area contributed by atoms with Crippen molar-refractivity contribution >= 4 is 15.9 Å². The Bertz CT molecular complexity index is 369. The SMILES string of the molecule is CCNCC1CCN(C)C1c1cncc(Br)c1. The molecule has 1 aromatic rings.